The molecule has 0 aromatic heterocycles. The van der Waals surface area contributed by atoms with Gasteiger partial charge in [0.25, 0.3) is 0 Å². The monoisotopic (exact) mass is 199 g/mol. The van der Waals surface area contributed by atoms with E-state index in [0.717, 1.165) is 0 Å². The van der Waals surface area contributed by atoms with Gasteiger partial charge >= 0.3 is 5.97 Å². The zero-order chi connectivity index (χ0) is 11.2. The van der Waals surface area contributed by atoms with Crippen LogP contribution < -0.4 is 11.5 Å². The van der Waals surface area contributed by atoms with E-state index in [9.17, 15) is 4.79 Å². The number of carbonyl (C=O) groups is 1. The highest BCUT2D eigenvalue weighted by Gasteiger charge is 2.20. The average Bonchev–Trinajstić information content (AvgIpc) is 1.99. The molecule has 0 rings (SSSR count). The first-order chi connectivity index (χ1) is 6.37. The van der Waals surface area contributed by atoms with E-state index in [1.165, 1.54) is 0 Å². The Hall–Kier alpha value is -1.52. The Kier molecular flexibility index (Phi) is 4.69. The van der Waals surface area contributed by atoms with Crippen LogP contribution in [0, 0.1) is 0 Å². The van der Waals surface area contributed by atoms with Crippen LogP contribution in [0.1, 0.15) is 20.3 Å². The van der Waals surface area contributed by atoms with Crippen molar-refractivity contribution in [3.05, 3.63) is 12.7 Å². The SMILES string of the molecule is C=CCC(C)(C)OC(=O)CN=C(N)N. The van der Waals surface area contributed by atoms with E-state index in [4.69, 9.17) is 16.2 Å². The number of guanidine groups is 1. The first-order valence-corrected chi connectivity index (χ1v) is 4.25. The van der Waals surface area contributed by atoms with Gasteiger partial charge in [-0.3, -0.25) is 4.79 Å². The van der Waals surface area contributed by atoms with Crippen LogP contribution in [-0.2, 0) is 9.53 Å². The van der Waals surface area contributed by atoms with Crippen molar-refractivity contribution in [1.29, 1.82) is 0 Å². The number of rotatable bonds is 5. The van der Waals surface area contributed by atoms with Gasteiger partial charge in [0.2, 0.25) is 0 Å². The maximum absolute atomic E-state index is 11.2. The molecule has 0 saturated heterocycles. The number of nitrogens with two attached hydrogens (primary N) is 2. The molecule has 14 heavy (non-hydrogen) atoms. The molecule has 5 heteroatoms. The summed E-state index contributed by atoms with van der Waals surface area (Å²) in [6.07, 6.45) is 2.27. The summed E-state index contributed by atoms with van der Waals surface area (Å²) in [6, 6.07) is 0. The Morgan fingerprint density at radius 3 is 2.57 bits per heavy atom. The molecule has 0 fully saturated rings. The van der Waals surface area contributed by atoms with E-state index in [0.29, 0.717) is 6.42 Å². The average molecular weight is 199 g/mol. The zero-order valence-electron chi connectivity index (χ0n) is 8.62. The maximum atomic E-state index is 11.2. The van der Waals surface area contributed by atoms with Gasteiger partial charge < -0.3 is 16.2 Å². The Labute approximate surface area is 83.8 Å². The van der Waals surface area contributed by atoms with Crippen molar-refractivity contribution in [2.24, 2.45) is 16.5 Å². The Bertz CT molecular complexity index is 242. The molecule has 0 aromatic carbocycles. The third-order valence-corrected chi connectivity index (χ3v) is 1.42. The summed E-state index contributed by atoms with van der Waals surface area (Å²) < 4.78 is 5.10. The van der Waals surface area contributed by atoms with E-state index in [1.807, 2.05) is 0 Å². The smallest absolute Gasteiger partial charge is 0.328 e. The molecular weight excluding hydrogens is 182 g/mol. The number of ether oxygens (including phenoxy) is 1. The highest BCUT2D eigenvalue weighted by Crippen LogP contribution is 2.14. The van der Waals surface area contributed by atoms with Crippen molar-refractivity contribution >= 4 is 11.9 Å². The molecule has 0 atom stereocenters. The van der Waals surface area contributed by atoms with Crippen molar-refractivity contribution in [3.63, 3.8) is 0 Å². The van der Waals surface area contributed by atoms with Crippen molar-refractivity contribution in [1.82, 2.24) is 0 Å². The lowest BCUT2D eigenvalue weighted by Gasteiger charge is -2.22. The van der Waals surface area contributed by atoms with Gasteiger partial charge in [0.1, 0.15) is 12.1 Å². The van der Waals surface area contributed by atoms with Gasteiger partial charge in [0.05, 0.1) is 0 Å². The molecule has 0 heterocycles. The van der Waals surface area contributed by atoms with Gasteiger partial charge in [-0.15, -0.1) is 6.58 Å². The predicted octanol–water partition coefficient (Wildman–Crippen LogP) is 0.158. The van der Waals surface area contributed by atoms with Crippen LogP contribution in [-0.4, -0.2) is 24.1 Å². The number of hydrogen-bond donors (Lipinski definition) is 2. The molecule has 0 saturated carbocycles. The third kappa shape index (κ3) is 6.05. The standard InChI is InChI=1S/C9H17N3O2/c1-4-5-9(2,3)14-7(13)6-12-8(10)11/h4H,1,5-6H2,2-3H3,(H4,10,11,12). The lowest BCUT2D eigenvalue weighted by molar-refractivity contribution is -0.154. The zero-order valence-corrected chi connectivity index (χ0v) is 8.62. The fraction of sp³-hybridized carbons (Fsp3) is 0.556. The van der Waals surface area contributed by atoms with E-state index in [-0.39, 0.29) is 12.5 Å². The highest BCUT2D eigenvalue weighted by atomic mass is 16.6. The molecule has 0 bridgehead atoms. The third-order valence-electron chi connectivity index (χ3n) is 1.42. The van der Waals surface area contributed by atoms with Crippen LogP contribution in [0.2, 0.25) is 0 Å². The molecule has 5 nitrogen and oxygen atoms in total. The minimum atomic E-state index is -0.558. The summed E-state index contributed by atoms with van der Waals surface area (Å²) in [5, 5.41) is 0. The summed E-state index contributed by atoms with van der Waals surface area (Å²) in [7, 11) is 0. The Morgan fingerprint density at radius 1 is 1.57 bits per heavy atom. The van der Waals surface area contributed by atoms with Crippen molar-refractivity contribution in [3.8, 4) is 0 Å². The van der Waals surface area contributed by atoms with E-state index >= 15 is 0 Å². The van der Waals surface area contributed by atoms with Crippen LogP contribution in [0.4, 0.5) is 0 Å². The second-order valence-electron chi connectivity index (χ2n) is 3.47. The summed E-state index contributed by atoms with van der Waals surface area (Å²) in [5.41, 5.74) is 9.58. The number of hydrogen-bond acceptors (Lipinski definition) is 3. The van der Waals surface area contributed by atoms with Crippen LogP contribution in [0.5, 0.6) is 0 Å². The van der Waals surface area contributed by atoms with Crippen molar-refractivity contribution in [2.45, 2.75) is 25.9 Å². The van der Waals surface area contributed by atoms with Crippen molar-refractivity contribution < 1.29 is 9.53 Å². The van der Waals surface area contributed by atoms with Crippen LogP contribution in [0.3, 0.4) is 0 Å². The molecule has 80 valence electrons. The molecule has 0 aliphatic heterocycles. The van der Waals surface area contributed by atoms with E-state index < -0.39 is 11.6 Å². The van der Waals surface area contributed by atoms with Crippen molar-refractivity contribution in [2.75, 3.05) is 6.54 Å². The first-order valence-electron chi connectivity index (χ1n) is 4.25. The lowest BCUT2D eigenvalue weighted by atomic mass is 10.1. The minimum absolute atomic E-state index is 0.122. The summed E-state index contributed by atoms with van der Waals surface area (Å²) >= 11 is 0. The maximum Gasteiger partial charge on any atom is 0.328 e. The predicted molar refractivity (Wildman–Crippen MR) is 55.7 cm³/mol. The van der Waals surface area contributed by atoms with E-state index in [2.05, 4.69) is 11.6 Å². The second-order valence-corrected chi connectivity index (χ2v) is 3.47. The summed E-state index contributed by atoms with van der Waals surface area (Å²) in [5.74, 6) is -0.575. The molecule has 0 unspecified atom stereocenters. The molecule has 0 aliphatic carbocycles. The Balaban J connectivity index is 4.05. The Morgan fingerprint density at radius 2 is 2.14 bits per heavy atom. The topological polar surface area (TPSA) is 90.7 Å². The molecular formula is C9H17N3O2. The van der Waals surface area contributed by atoms with Gasteiger partial charge in [0.15, 0.2) is 5.96 Å². The number of carbonyl (C=O) groups excluding carboxylic acids is 1. The lowest BCUT2D eigenvalue weighted by Crippen LogP contribution is -2.30. The summed E-state index contributed by atoms with van der Waals surface area (Å²) in [4.78, 5) is 14.7. The first kappa shape index (κ1) is 12.5. The largest absolute Gasteiger partial charge is 0.458 e. The second kappa shape index (κ2) is 5.26. The molecule has 0 amide bonds. The van der Waals surface area contributed by atoms with Crippen LogP contribution in [0.15, 0.2) is 17.6 Å². The van der Waals surface area contributed by atoms with Gasteiger partial charge in [-0.25, -0.2) is 4.99 Å². The van der Waals surface area contributed by atoms with Gasteiger partial charge in [-0.1, -0.05) is 6.08 Å². The fourth-order valence-corrected chi connectivity index (χ4v) is 0.886. The van der Waals surface area contributed by atoms with Gasteiger partial charge in [0, 0.05) is 6.42 Å². The van der Waals surface area contributed by atoms with Crippen LogP contribution >= 0.6 is 0 Å². The molecule has 0 aromatic rings. The number of nitrogens with zero attached hydrogens (tertiary/aromatic N) is 1. The van der Waals surface area contributed by atoms with E-state index in [1.54, 1.807) is 19.9 Å². The number of esters is 1. The molecule has 0 radical (unpaired) electrons. The summed E-state index contributed by atoms with van der Waals surface area (Å²) in [6.45, 7) is 7.01. The quantitative estimate of drug-likeness (QED) is 0.285. The van der Waals surface area contributed by atoms with Gasteiger partial charge in [-0.05, 0) is 13.8 Å². The number of aliphatic imine (C=N–C) groups is 1. The highest BCUT2D eigenvalue weighted by molar-refractivity contribution is 5.80. The molecule has 0 spiro atoms. The normalized spacial score (nSPS) is 10.4. The fourth-order valence-electron chi connectivity index (χ4n) is 0.886. The minimum Gasteiger partial charge on any atom is -0.458 e. The van der Waals surface area contributed by atoms with Gasteiger partial charge in [-0.2, -0.15) is 0 Å². The molecule has 0 aliphatic rings. The van der Waals surface area contributed by atoms with Crippen LogP contribution in [0.25, 0.3) is 0 Å². The molecule has 4 N–H and O–H groups in total.